The fourth-order valence-electron chi connectivity index (χ4n) is 5.78. The Morgan fingerprint density at radius 2 is 2.04 bits per heavy atom. The standard InChI is InChI=1S/C21H32N2O3/c1-14-5-4-6-21(3)12-19-16(11-18(14)21)17(20(25)26-19)13-22-7-9-23(10-8-22)15(2)24/h11,14,16-17,19H,4-10,12-13H2,1-3H3/t14-,16+,17-,19+,21+/m0/s1. The molecule has 5 atom stereocenters. The molecule has 0 aromatic carbocycles. The fraction of sp³-hybridized carbons (Fsp3) is 0.810. The summed E-state index contributed by atoms with van der Waals surface area (Å²) < 4.78 is 5.85. The molecule has 0 radical (unpaired) electrons. The smallest absolute Gasteiger partial charge is 0.311 e. The van der Waals surface area contributed by atoms with Crippen molar-refractivity contribution in [1.29, 1.82) is 0 Å². The number of carbonyl (C=O) groups excluding carboxylic acids is 2. The number of hydrogen-bond donors (Lipinski definition) is 0. The number of amides is 1. The van der Waals surface area contributed by atoms with Gasteiger partial charge in [-0.2, -0.15) is 0 Å². The van der Waals surface area contributed by atoms with Crippen molar-refractivity contribution in [2.45, 2.75) is 52.6 Å². The Morgan fingerprint density at radius 3 is 2.73 bits per heavy atom. The lowest BCUT2D eigenvalue weighted by molar-refractivity contribution is -0.146. The summed E-state index contributed by atoms with van der Waals surface area (Å²) in [4.78, 5) is 28.4. The van der Waals surface area contributed by atoms with Crippen LogP contribution in [0.1, 0.15) is 46.5 Å². The van der Waals surface area contributed by atoms with Crippen LogP contribution in [0.25, 0.3) is 0 Å². The van der Waals surface area contributed by atoms with Crippen LogP contribution in [-0.2, 0) is 14.3 Å². The van der Waals surface area contributed by atoms with Gasteiger partial charge in [-0.3, -0.25) is 14.5 Å². The van der Waals surface area contributed by atoms with Gasteiger partial charge in [0.2, 0.25) is 5.91 Å². The molecule has 26 heavy (non-hydrogen) atoms. The number of carbonyl (C=O) groups is 2. The van der Waals surface area contributed by atoms with Crippen molar-refractivity contribution in [1.82, 2.24) is 9.80 Å². The van der Waals surface area contributed by atoms with Crippen LogP contribution in [0, 0.1) is 23.2 Å². The Balaban J connectivity index is 1.48. The lowest BCUT2D eigenvalue weighted by Crippen LogP contribution is -2.50. The average molecular weight is 360 g/mol. The van der Waals surface area contributed by atoms with Crippen LogP contribution in [0.5, 0.6) is 0 Å². The molecule has 0 aromatic rings. The molecule has 1 saturated carbocycles. The van der Waals surface area contributed by atoms with Gasteiger partial charge in [0.05, 0.1) is 5.92 Å². The van der Waals surface area contributed by atoms with E-state index in [-0.39, 0.29) is 35.2 Å². The van der Waals surface area contributed by atoms with E-state index in [1.165, 1.54) is 19.3 Å². The third-order valence-electron chi connectivity index (χ3n) is 7.35. The molecule has 0 aromatic heterocycles. The minimum absolute atomic E-state index is 0.0132. The Morgan fingerprint density at radius 1 is 1.31 bits per heavy atom. The Hall–Kier alpha value is -1.36. The largest absolute Gasteiger partial charge is 0.461 e. The van der Waals surface area contributed by atoms with Gasteiger partial charge in [-0.25, -0.2) is 0 Å². The molecule has 144 valence electrons. The van der Waals surface area contributed by atoms with E-state index < -0.39 is 0 Å². The monoisotopic (exact) mass is 360 g/mol. The summed E-state index contributed by atoms with van der Waals surface area (Å²) in [5.74, 6) is 0.950. The van der Waals surface area contributed by atoms with Crippen molar-refractivity contribution in [2.24, 2.45) is 23.2 Å². The number of esters is 1. The quantitative estimate of drug-likeness (QED) is 0.561. The lowest BCUT2D eigenvalue weighted by Gasteiger charge is -2.46. The highest BCUT2D eigenvalue weighted by molar-refractivity contribution is 5.76. The number of fused-ring (bicyclic) bond motifs is 2. The minimum atomic E-state index is -0.0462. The van der Waals surface area contributed by atoms with E-state index in [4.69, 9.17) is 4.74 Å². The summed E-state index contributed by atoms with van der Waals surface area (Å²) in [5.41, 5.74) is 1.80. The van der Waals surface area contributed by atoms with E-state index in [9.17, 15) is 9.59 Å². The molecule has 2 aliphatic carbocycles. The van der Waals surface area contributed by atoms with Gasteiger partial charge in [0.25, 0.3) is 0 Å². The summed E-state index contributed by atoms with van der Waals surface area (Å²) in [6.07, 6.45) is 7.26. The minimum Gasteiger partial charge on any atom is -0.461 e. The first kappa shape index (κ1) is 18.0. The van der Waals surface area contributed by atoms with E-state index in [2.05, 4.69) is 24.8 Å². The Kier molecular flexibility index (Phi) is 4.62. The van der Waals surface area contributed by atoms with Gasteiger partial charge in [0.1, 0.15) is 6.10 Å². The van der Waals surface area contributed by atoms with Crippen molar-refractivity contribution >= 4 is 11.9 Å². The number of rotatable bonds is 2. The SMILES string of the molecule is CC(=O)N1CCN(C[C@@H]2C(=O)O[C@@H]3C[C@@]4(C)CCC[C@H](C)C4=C[C@H]23)CC1. The third-order valence-corrected chi connectivity index (χ3v) is 7.35. The predicted octanol–water partition coefficient (Wildman–Crippen LogP) is 2.46. The molecule has 3 fully saturated rings. The maximum absolute atomic E-state index is 12.6. The molecule has 4 rings (SSSR count). The van der Waals surface area contributed by atoms with Crippen LogP contribution in [0.4, 0.5) is 0 Å². The van der Waals surface area contributed by atoms with Gasteiger partial charge in [-0.1, -0.05) is 31.9 Å². The van der Waals surface area contributed by atoms with E-state index in [1.807, 2.05) is 4.90 Å². The molecule has 1 amide bonds. The molecule has 5 heteroatoms. The van der Waals surface area contributed by atoms with Gasteiger partial charge in [-0.05, 0) is 30.6 Å². The maximum Gasteiger partial charge on any atom is 0.311 e. The highest BCUT2D eigenvalue weighted by atomic mass is 16.6. The zero-order valence-corrected chi connectivity index (χ0v) is 16.4. The van der Waals surface area contributed by atoms with E-state index >= 15 is 0 Å². The van der Waals surface area contributed by atoms with E-state index in [0.29, 0.717) is 5.92 Å². The van der Waals surface area contributed by atoms with E-state index in [1.54, 1.807) is 12.5 Å². The normalized spacial score (nSPS) is 40.5. The average Bonchev–Trinajstić information content (AvgIpc) is 2.88. The first-order valence-electron chi connectivity index (χ1n) is 10.3. The number of nitrogens with zero attached hydrogens (tertiary/aromatic N) is 2. The molecule has 0 unspecified atom stereocenters. The molecule has 2 saturated heterocycles. The lowest BCUT2D eigenvalue weighted by atomic mass is 9.59. The highest BCUT2D eigenvalue weighted by Crippen LogP contribution is 2.53. The molecule has 2 aliphatic heterocycles. The first-order chi connectivity index (χ1) is 12.4. The topological polar surface area (TPSA) is 49.9 Å². The van der Waals surface area contributed by atoms with Gasteiger partial charge in [-0.15, -0.1) is 0 Å². The molecule has 2 heterocycles. The third kappa shape index (κ3) is 3.08. The van der Waals surface area contributed by atoms with Crippen LogP contribution in [-0.4, -0.2) is 60.5 Å². The van der Waals surface area contributed by atoms with Crippen molar-refractivity contribution in [3.05, 3.63) is 11.6 Å². The van der Waals surface area contributed by atoms with E-state index in [0.717, 1.165) is 39.1 Å². The van der Waals surface area contributed by atoms with Crippen LogP contribution in [0.15, 0.2) is 11.6 Å². The van der Waals surface area contributed by atoms with Gasteiger partial charge >= 0.3 is 5.97 Å². The van der Waals surface area contributed by atoms with Crippen LogP contribution in [0.2, 0.25) is 0 Å². The van der Waals surface area contributed by atoms with Crippen LogP contribution in [0.3, 0.4) is 0 Å². The van der Waals surface area contributed by atoms with Crippen molar-refractivity contribution in [2.75, 3.05) is 32.7 Å². The van der Waals surface area contributed by atoms with Crippen molar-refractivity contribution < 1.29 is 14.3 Å². The second-order valence-corrected chi connectivity index (χ2v) is 9.15. The summed E-state index contributed by atoms with van der Waals surface area (Å²) in [7, 11) is 0. The van der Waals surface area contributed by atoms with Gasteiger partial charge < -0.3 is 9.64 Å². The molecule has 0 bridgehead atoms. The molecule has 4 aliphatic rings. The predicted molar refractivity (Wildman–Crippen MR) is 99.4 cm³/mol. The van der Waals surface area contributed by atoms with Crippen molar-refractivity contribution in [3.8, 4) is 0 Å². The van der Waals surface area contributed by atoms with Crippen LogP contribution < -0.4 is 0 Å². The van der Waals surface area contributed by atoms with Crippen LogP contribution >= 0.6 is 0 Å². The maximum atomic E-state index is 12.6. The fourth-order valence-corrected chi connectivity index (χ4v) is 5.78. The number of hydrogen-bond acceptors (Lipinski definition) is 4. The zero-order chi connectivity index (χ0) is 18.5. The zero-order valence-electron chi connectivity index (χ0n) is 16.4. The first-order valence-corrected chi connectivity index (χ1v) is 10.3. The summed E-state index contributed by atoms with van der Waals surface area (Å²) in [5, 5.41) is 0. The van der Waals surface area contributed by atoms with Gasteiger partial charge in [0, 0.05) is 45.6 Å². The Labute approximate surface area is 156 Å². The molecular formula is C21H32N2O3. The summed E-state index contributed by atoms with van der Waals surface area (Å²) >= 11 is 0. The summed E-state index contributed by atoms with van der Waals surface area (Å²) in [6, 6.07) is 0. The highest BCUT2D eigenvalue weighted by Gasteiger charge is 2.52. The van der Waals surface area contributed by atoms with Crippen molar-refractivity contribution in [3.63, 3.8) is 0 Å². The summed E-state index contributed by atoms with van der Waals surface area (Å²) in [6.45, 7) is 10.3. The molecular weight excluding hydrogens is 328 g/mol. The second kappa shape index (κ2) is 6.66. The number of ether oxygens (including phenoxy) is 1. The molecule has 5 nitrogen and oxygen atoms in total. The second-order valence-electron chi connectivity index (χ2n) is 9.15. The number of allylic oxidation sites excluding steroid dienone is 1. The number of piperazine rings is 1. The molecule has 0 N–H and O–H groups in total. The Bertz CT molecular complexity index is 623. The van der Waals surface area contributed by atoms with Gasteiger partial charge in [0.15, 0.2) is 0 Å². The molecule has 0 spiro atoms.